The van der Waals surface area contributed by atoms with Crippen LogP contribution in [0.5, 0.6) is 0 Å². The number of hydrogen-bond acceptors (Lipinski definition) is 4. The molecule has 1 N–H and O–H groups in total. The lowest BCUT2D eigenvalue weighted by molar-refractivity contribution is -0.137. The molecule has 1 saturated heterocycles. The molecule has 1 unspecified atom stereocenters. The van der Waals surface area contributed by atoms with Crippen LogP contribution in [0, 0.1) is 0 Å². The molecular formula is C26H25F3N4O2. The number of rotatable bonds is 6. The summed E-state index contributed by atoms with van der Waals surface area (Å²) in [6.07, 6.45) is 0.746. The average Bonchev–Trinajstić information content (AvgIpc) is 3.48. The van der Waals surface area contributed by atoms with Crippen molar-refractivity contribution in [3.05, 3.63) is 82.9 Å². The highest BCUT2D eigenvalue weighted by molar-refractivity contribution is 5.81. The van der Waals surface area contributed by atoms with Crippen LogP contribution in [0.4, 0.5) is 13.2 Å². The molecular weight excluding hydrogens is 457 g/mol. The van der Waals surface area contributed by atoms with Crippen molar-refractivity contribution >= 4 is 10.9 Å². The highest BCUT2D eigenvalue weighted by atomic mass is 19.4. The fraction of sp³-hybridized carbons (Fsp3) is 0.308. The second-order valence-corrected chi connectivity index (χ2v) is 8.93. The lowest BCUT2D eigenvalue weighted by Gasteiger charge is -2.19. The molecule has 9 heteroatoms. The van der Waals surface area contributed by atoms with Crippen molar-refractivity contribution in [1.29, 1.82) is 0 Å². The number of aliphatic hydroxyl groups excluding tert-OH is 1. The number of alkyl halides is 3. The predicted molar refractivity (Wildman–Crippen MR) is 127 cm³/mol. The van der Waals surface area contributed by atoms with Gasteiger partial charge in [-0.3, -0.25) is 14.0 Å². The van der Waals surface area contributed by atoms with Gasteiger partial charge in [-0.1, -0.05) is 12.1 Å². The summed E-state index contributed by atoms with van der Waals surface area (Å²) in [6.45, 7) is 3.06. The first kappa shape index (κ1) is 23.3. The van der Waals surface area contributed by atoms with Gasteiger partial charge in [0, 0.05) is 29.9 Å². The maximum atomic E-state index is 12.8. The molecule has 1 aliphatic rings. The molecule has 182 valence electrons. The molecule has 0 radical (unpaired) electrons. The van der Waals surface area contributed by atoms with Crippen molar-refractivity contribution < 1.29 is 18.3 Å². The fourth-order valence-electron chi connectivity index (χ4n) is 4.61. The molecule has 2 aromatic heterocycles. The molecule has 0 bridgehead atoms. The van der Waals surface area contributed by atoms with E-state index >= 15 is 0 Å². The van der Waals surface area contributed by atoms with Crippen LogP contribution in [0.2, 0.25) is 0 Å². The van der Waals surface area contributed by atoms with Gasteiger partial charge in [-0.25, -0.2) is 0 Å². The number of aliphatic hydroxyl groups is 1. The standard InChI is InChI=1S/C26H25F3N4O2/c27-26(28,29)21-5-3-18(4-6-21)19-9-12-32(25(35)14-19)22-7-8-24-20(13-22)15-30-33(24)17-23(34)16-31-10-1-2-11-31/h3-9,12-15,23,34H,1-2,10-11,16-17H2. The lowest BCUT2D eigenvalue weighted by atomic mass is 10.0. The zero-order valence-electron chi connectivity index (χ0n) is 18.9. The van der Waals surface area contributed by atoms with Crippen molar-refractivity contribution in [1.82, 2.24) is 19.2 Å². The SMILES string of the molecule is O=c1cc(-c2ccc(C(F)(F)F)cc2)ccn1-c1ccc2c(cnn2CC(O)CN2CCCC2)c1. The molecule has 1 aliphatic heterocycles. The summed E-state index contributed by atoms with van der Waals surface area (Å²) >= 11 is 0. The van der Waals surface area contributed by atoms with E-state index in [2.05, 4.69) is 10.00 Å². The summed E-state index contributed by atoms with van der Waals surface area (Å²) in [5.74, 6) is 0. The quantitative estimate of drug-likeness (QED) is 0.445. The van der Waals surface area contributed by atoms with Crippen LogP contribution in [0.25, 0.3) is 27.7 Å². The van der Waals surface area contributed by atoms with E-state index in [-0.39, 0.29) is 5.56 Å². The van der Waals surface area contributed by atoms with Crippen molar-refractivity contribution in [3.8, 4) is 16.8 Å². The lowest BCUT2D eigenvalue weighted by Crippen LogP contribution is -2.32. The number of aromatic nitrogens is 3. The Balaban J connectivity index is 1.35. The zero-order chi connectivity index (χ0) is 24.6. The van der Waals surface area contributed by atoms with Crippen LogP contribution in [-0.2, 0) is 12.7 Å². The van der Waals surface area contributed by atoms with Crippen molar-refractivity contribution in [2.45, 2.75) is 31.7 Å². The predicted octanol–water partition coefficient (Wildman–Crippen LogP) is 4.33. The van der Waals surface area contributed by atoms with Crippen LogP contribution >= 0.6 is 0 Å². The van der Waals surface area contributed by atoms with E-state index in [1.165, 1.54) is 35.6 Å². The number of pyridine rings is 1. The summed E-state index contributed by atoms with van der Waals surface area (Å²) in [5.41, 5.74) is 1.57. The van der Waals surface area contributed by atoms with Gasteiger partial charge < -0.3 is 10.0 Å². The highest BCUT2D eigenvalue weighted by Gasteiger charge is 2.30. The molecule has 0 spiro atoms. The monoisotopic (exact) mass is 482 g/mol. The van der Waals surface area contributed by atoms with Gasteiger partial charge in [-0.2, -0.15) is 18.3 Å². The van der Waals surface area contributed by atoms with Crippen LogP contribution in [0.15, 0.2) is 71.8 Å². The minimum atomic E-state index is -4.40. The summed E-state index contributed by atoms with van der Waals surface area (Å²) in [6, 6.07) is 13.4. The number of β-amino-alcohol motifs (C(OH)–C–C–N with tert-alkyl or cyclic N) is 1. The van der Waals surface area contributed by atoms with Gasteiger partial charge in [0.05, 0.1) is 29.9 Å². The molecule has 6 nitrogen and oxygen atoms in total. The smallest absolute Gasteiger partial charge is 0.390 e. The fourth-order valence-corrected chi connectivity index (χ4v) is 4.61. The maximum absolute atomic E-state index is 12.8. The molecule has 1 fully saturated rings. The number of hydrogen-bond donors (Lipinski definition) is 1. The van der Waals surface area contributed by atoms with Crippen molar-refractivity contribution in [2.24, 2.45) is 0 Å². The largest absolute Gasteiger partial charge is 0.416 e. The van der Waals surface area contributed by atoms with E-state index in [0.29, 0.717) is 29.9 Å². The van der Waals surface area contributed by atoms with E-state index in [0.717, 1.165) is 36.1 Å². The van der Waals surface area contributed by atoms with E-state index in [4.69, 9.17) is 0 Å². The summed E-state index contributed by atoms with van der Waals surface area (Å²) < 4.78 is 41.7. The third-order valence-electron chi connectivity index (χ3n) is 6.42. The highest BCUT2D eigenvalue weighted by Crippen LogP contribution is 2.30. The first-order valence-electron chi connectivity index (χ1n) is 11.5. The molecule has 35 heavy (non-hydrogen) atoms. The molecule has 3 heterocycles. The Hall–Kier alpha value is -3.43. The van der Waals surface area contributed by atoms with E-state index in [1.807, 2.05) is 18.2 Å². The summed E-state index contributed by atoms with van der Waals surface area (Å²) in [4.78, 5) is 15.1. The normalized spacial score (nSPS) is 15.7. The molecule has 4 aromatic rings. The number of halogens is 3. The Labute approximate surface area is 199 Å². The minimum absolute atomic E-state index is 0.296. The van der Waals surface area contributed by atoms with Gasteiger partial charge >= 0.3 is 6.18 Å². The van der Waals surface area contributed by atoms with Crippen LogP contribution < -0.4 is 5.56 Å². The molecule has 0 aliphatic carbocycles. The molecule has 0 saturated carbocycles. The van der Waals surface area contributed by atoms with Gasteiger partial charge in [-0.05, 0) is 73.5 Å². The van der Waals surface area contributed by atoms with Gasteiger partial charge in [0.1, 0.15) is 0 Å². The van der Waals surface area contributed by atoms with Crippen LogP contribution in [0.3, 0.4) is 0 Å². The minimum Gasteiger partial charge on any atom is -0.390 e. The second-order valence-electron chi connectivity index (χ2n) is 8.93. The first-order valence-corrected chi connectivity index (χ1v) is 11.5. The molecule has 2 aromatic carbocycles. The topological polar surface area (TPSA) is 63.3 Å². The third-order valence-corrected chi connectivity index (χ3v) is 6.42. The second kappa shape index (κ2) is 9.31. The first-order chi connectivity index (χ1) is 16.8. The third kappa shape index (κ3) is 5.01. The number of fused-ring (bicyclic) bond motifs is 1. The van der Waals surface area contributed by atoms with Crippen LogP contribution in [-0.4, -0.2) is 50.1 Å². The van der Waals surface area contributed by atoms with E-state index < -0.39 is 17.8 Å². The Bertz CT molecular complexity index is 1390. The Morgan fingerprint density at radius 2 is 1.69 bits per heavy atom. The molecule has 0 amide bonds. The number of nitrogens with zero attached hydrogens (tertiary/aromatic N) is 4. The van der Waals surface area contributed by atoms with Gasteiger partial charge in [0.25, 0.3) is 5.56 Å². The number of likely N-dealkylation sites (tertiary alicyclic amines) is 1. The Morgan fingerprint density at radius 1 is 0.943 bits per heavy atom. The van der Waals surface area contributed by atoms with Gasteiger partial charge in [0.2, 0.25) is 0 Å². The van der Waals surface area contributed by atoms with E-state index in [9.17, 15) is 23.1 Å². The Kier molecular flexibility index (Phi) is 6.21. The van der Waals surface area contributed by atoms with Crippen LogP contribution in [0.1, 0.15) is 18.4 Å². The van der Waals surface area contributed by atoms with Crippen molar-refractivity contribution in [3.63, 3.8) is 0 Å². The molecule has 1 atom stereocenters. The van der Waals surface area contributed by atoms with Gasteiger partial charge in [0.15, 0.2) is 0 Å². The van der Waals surface area contributed by atoms with Gasteiger partial charge in [-0.15, -0.1) is 0 Å². The molecule has 5 rings (SSSR count). The average molecular weight is 483 g/mol. The zero-order valence-corrected chi connectivity index (χ0v) is 18.9. The van der Waals surface area contributed by atoms with Crippen molar-refractivity contribution in [2.75, 3.05) is 19.6 Å². The van der Waals surface area contributed by atoms with E-state index in [1.54, 1.807) is 23.1 Å². The maximum Gasteiger partial charge on any atom is 0.416 e. The summed E-state index contributed by atoms with van der Waals surface area (Å²) in [5, 5.41) is 15.7. The summed E-state index contributed by atoms with van der Waals surface area (Å²) in [7, 11) is 0. The Morgan fingerprint density at radius 3 is 2.37 bits per heavy atom. The number of benzene rings is 2.